The molecule has 0 aliphatic heterocycles. The monoisotopic (exact) mass is 256 g/mol. The summed E-state index contributed by atoms with van der Waals surface area (Å²) in [5.41, 5.74) is 4.91. The van der Waals surface area contributed by atoms with Gasteiger partial charge >= 0.3 is 11.9 Å². The van der Waals surface area contributed by atoms with Crippen molar-refractivity contribution < 1.29 is 23.5 Å². The van der Waals surface area contributed by atoms with Gasteiger partial charge in [-0.2, -0.15) is 0 Å². The molecule has 1 aromatic rings. The molecule has 0 amide bonds. The zero-order chi connectivity index (χ0) is 13.9. The van der Waals surface area contributed by atoms with Gasteiger partial charge in [0.2, 0.25) is 5.89 Å². The van der Waals surface area contributed by atoms with Crippen molar-refractivity contribution in [2.75, 3.05) is 7.11 Å². The van der Waals surface area contributed by atoms with Gasteiger partial charge in [0, 0.05) is 0 Å². The number of oxazole rings is 1. The highest BCUT2D eigenvalue weighted by molar-refractivity contribution is 5.87. The number of ether oxygens (including phenoxy) is 2. The van der Waals surface area contributed by atoms with Crippen LogP contribution in [-0.2, 0) is 14.3 Å². The quantitative estimate of drug-likeness (QED) is 0.797. The highest BCUT2D eigenvalue weighted by Gasteiger charge is 2.28. The lowest BCUT2D eigenvalue weighted by molar-refractivity contribution is -0.157. The number of esters is 2. The van der Waals surface area contributed by atoms with Crippen molar-refractivity contribution >= 4 is 11.9 Å². The summed E-state index contributed by atoms with van der Waals surface area (Å²) in [5, 5.41) is 0. The Balaban J connectivity index is 2.78. The number of hydrogen-bond acceptors (Lipinski definition) is 7. The molecule has 18 heavy (non-hydrogen) atoms. The molecule has 0 spiro atoms. The Morgan fingerprint density at radius 1 is 1.44 bits per heavy atom. The van der Waals surface area contributed by atoms with E-state index in [0.717, 1.165) is 6.26 Å². The Labute approximate surface area is 104 Å². The van der Waals surface area contributed by atoms with E-state index in [-0.39, 0.29) is 11.6 Å². The fraction of sp³-hybridized carbons (Fsp3) is 0.545. The fourth-order valence-corrected chi connectivity index (χ4v) is 1.09. The number of nitrogens with two attached hydrogens (primary N) is 1. The smallest absolute Gasteiger partial charge is 0.360 e. The molecule has 1 unspecified atom stereocenters. The van der Waals surface area contributed by atoms with E-state index in [9.17, 15) is 9.59 Å². The Bertz CT molecular complexity index is 447. The number of hydrogen-bond donors (Lipinski definition) is 1. The standard InChI is InChI=1S/C11H16N2O5/c1-11(2,3)18-10(15)7(12)8-13-6(5-17-8)9(14)16-4/h5,7H,12H2,1-4H3. The van der Waals surface area contributed by atoms with Gasteiger partial charge in [0.05, 0.1) is 7.11 Å². The van der Waals surface area contributed by atoms with Crippen LogP contribution < -0.4 is 5.73 Å². The maximum atomic E-state index is 11.6. The van der Waals surface area contributed by atoms with Gasteiger partial charge in [-0.25, -0.2) is 14.6 Å². The average Bonchev–Trinajstić information content (AvgIpc) is 2.73. The highest BCUT2D eigenvalue weighted by Crippen LogP contribution is 2.16. The van der Waals surface area contributed by atoms with E-state index >= 15 is 0 Å². The summed E-state index contributed by atoms with van der Waals surface area (Å²) in [5.74, 6) is -1.44. The molecular weight excluding hydrogens is 240 g/mol. The first-order valence-corrected chi connectivity index (χ1v) is 5.27. The zero-order valence-corrected chi connectivity index (χ0v) is 10.7. The number of carbonyl (C=O) groups is 2. The normalized spacial score (nSPS) is 12.9. The van der Waals surface area contributed by atoms with Crippen LogP contribution in [0.5, 0.6) is 0 Å². The Morgan fingerprint density at radius 2 is 2.06 bits per heavy atom. The van der Waals surface area contributed by atoms with Crippen LogP contribution in [-0.4, -0.2) is 29.6 Å². The molecule has 1 atom stereocenters. The third-order valence-electron chi connectivity index (χ3n) is 1.84. The van der Waals surface area contributed by atoms with E-state index in [4.69, 9.17) is 14.9 Å². The minimum absolute atomic E-state index is 0.0495. The Hall–Kier alpha value is -1.89. The molecule has 2 N–H and O–H groups in total. The first-order valence-electron chi connectivity index (χ1n) is 5.27. The molecule has 0 bridgehead atoms. The summed E-state index contributed by atoms with van der Waals surface area (Å²) in [6.45, 7) is 5.15. The molecule has 0 aromatic carbocycles. The van der Waals surface area contributed by atoms with Crippen LogP contribution in [0.4, 0.5) is 0 Å². The van der Waals surface area contributed by atoms with Crippen LogP contribution in [0.2, 0.25) is 0 Å². The van der Waals surface area contributed by atoms with Gasteiger partial charge in [0.15, 0.2) is 11.7 Å². The van der Waals surface area contributed by atoms with Gasteiger partial charge in [-0.15, -0.1) is 0 Å². The lowest BCUT2D eigenvalue weighted by Gasteiger charge is -2.20. The SMILES string of the molecule is COC(=O)c1coc(C(N)C(=O)OC(C)(C)C)n1. The fourth-order valence-electron chi connectivity index (χ4n) is 1.09. The van der Waals surface area contributed by atoms with Crippen LogP contribution in [0.15, 0.2) is 10.7 Å². The molecule has 0 saturated carbocycles. The first-order chi connectivity index (χ1) is 8.24. The molecule has 1 rings (SSSR count). The topological polar surface area (TPSA) is 105 Å². The number of rotatable bonds is 3. The Kier molecular flexibility index (Phi) is 4.07. The second kappa shape index (κ2) is 5.18. The van der Waals surface area contributed by atoms with Crippen molar-refractivity contribution in [3.63, 3.8) is 0 Å². The number of carbonyl (C=O) groups excluding carboxylic acids is 2. The van der Waals surface area contributed by atoms with Gasteiger partial charge in [-0.3, -0.25) is 0 Å². The molecule has 7 heteroatoms. The minimum atomic E-state index is -1.18. The molecule has 1 heterocycles. The lowest BCUT2D eigenvalue weighted by Crippen LogP contribution is -2.31. The maximum Gasteiger partial charge on any atom is 0.360 e. The van der Waals surface area contributed by atoms with Gasteiger partial charge in [0.1, 0.15) is 11.9 Å². The van der Waals surface area contributed by atoms with Gasteiger partial charge < -0.3 is 19.6 Å². The summed E-state index contributed by atoms with van der Waals surface area (Å²) in [6, 6.07) is -1.18. The van der Waals surface area contributed by atoms with E-state index in [1.54, 1.807) is 20.8 Å². The van der Waals surface area contributed by atoms with Crippen molar-refractivity contribution in [2.45, 2.75) is 32.4 Å². The van der Waals surface area contributed by atoms with E-state index < -0.39 is 23.6 Å². The summed E-state index contributed by atoms with van der Waals surface area (Å²) in [4.78, 5) is 26.6. The molecule has 0 aliphatic carbocycles. The maximum absolute atomic E-state index is 11.6. The third-order valence-corrected chi connectivity index (χ3v) is 1.84. The van der Waals surface area contributed by atoms with Gasteiger partial charge in [-0.1, -0.05) is 0 Å². The second-order valence-electron chi connectivity index (χ2n) is 4.57. The third kappa shape index (κ3) is 3.56. The molecule has 0 aliphatic rings. The predicted molar refractivity (Wildman–Crippen MR) is 60.6 cm³/mol. The number of nitrogens with zero attached hydrogens (tertiary/aromatic N) is 1. The van der Waals surface area contributed by atoms with Crippen LogP contribution >= 0.6 is 0 Å². The summed E-state index contributed by atoms with van der Waals surface area (Å²) in [7, 11) is 1.21. The van der Waals surface area contributed by atoms with E-state index in [2.05, 4.69) is 9.72 Å². The molecule has 100 valence electrons. The molecule has 7 nitrogen and oxygen atoms in total. The lowest BCUT2D eigenvalue weighted by atomic mass is 10.2. The van der Waals surface area contributed by atoms with Crippen molar-refractivity contribution in [2.24, 2.45) is 5.73 Å². The van der Waals surface area contributed by atoms with Crippen LogP contribution in [0.3, 0.4) is 0 Å². The van der Waals surface area contributed by atoms with Gasteiger partial charge in [0.25, 0.3) is 0 Å². The highest BCUT2D eigenvalue weighted by atomic mass is 16.6. The largest absolute Gasteiger partial charge is 0.464 e. The number of aromatic nitrogens is 1. The number of methoxy groups -OCH3 is 1. The molecule has 0 fully saturated rings. The molecule has 0 radical (unpaired) electrons. The molecule has 0 saturated heterocycles. The van der Waals surface area contributed by atoms with Crippen molar-refractivity contribution in [3.8, 4) is 0 Å². The summed E-state index contributed by atoms with van der Waals surface area (Å²) >= 11 is 0. The average molecular weight is 256 g/mol. The molecule has 1 aromatic heterocycles. The van der Waals surface area contributed by atoms with Gasteiger partial charge in [-0.05, 0) is 20.8 Å². The summed E-state index contributed by atoms with van der Waals surface area (Å²) in [6.07, 6.45) is 1.07. The van der Waals surface area contributed by atoms with Crippen LogP contribution in [0.1, 0.15) is 43.2 Å². The van der Waals surface area contributed by atoms with E-state index in [0.29, 0.717) is 0 Å². The van der Waals surface area contributed by atoms with Crippen molar-refractivity contribution in [3.05, 3.63) is 17.8 Å². The first kappa shape index (κ1) is 14.2. The van der Waals surface area contributed by atoms with Crippen molar-refractivity contribution in [1.82, 2.24) is 4.98 Å². The summed E-state index contributed by atoms with van der Waals surface area (Å²) < 4.78 is 14.5. The molecular formula is C11H16N2O5. The van der Waals surface area contributed by atoms with E-state index in [1.165, 1.54) is 7.11 Å². The second-order valence-corrected chi connectivity index (χ2v) is 4.57. The van der Waals surface area contributed by atoms with Crippen LogP contribution in [0.25, 0.3) is 0 Å². The zero-order valence-electron chi connectivity index (χ0n) is 10.7. The van der Waals surface area contributed by atoms with Crippen LogP contribution in [0, 0.1) is 0 Å². The predicted octanol–water partition coefficient (Wildman–Crippen LogP) is 0.803. The minimum Gasteiger partial charge on any atom is -0.464 e. The van der Waals surface area contributed by atoms with Crippen molar-refractivity contribution in [1.29, 1.82) is 0 Å². The van der Waals surface area contributed by atoms with E-state index in [1.807, 2.05) is 0 Å². The Morgan fingerprint density at radius 3 is 2.56 bits per heavy atom.